The molecule has 1 spiro atoms. The monoisotopic (exact) mass is 427 g/mol. The van der Waals surface area contributed by atoms with Gasteiger partial charge in [0, 0.05) is 29.5 Å². The molecule has 0 radical (unpaired) electrons. The first-order valence-corrected chi connectivity index (χ1v) is 10.6. The second kappa shape index (κ2) is 7.76. The molecule has 1 aliphatic carbocycles. The highest BCUT2D eigenvalue weighted by Gasteiger charge is 2.53. The Morgan fingerprint density at radius 2 is 2.07 bits per heavy atom. The number of aryl methyl sites for hydroxylation is 1. The van der Waals surface area contributed by atoms with Crippen molar-refractivity contribution in [1.82, 2.24) is 4.90 Å². The van der Waals surface area contributed by atoms with Crippen molar-refractivity contribution in [3.63, 3.8) is 0 Å². The summed E-state index contributed by atoms with van der Waals surface area (Å²) in [5.74, 6) is -0.134. The van der Waals surface area contributed by atoms with E-state index < -0.39 is 0 Å². The van der Waals surface area contributed by atoms with Gasteiger partial charge in [0.25, 0.3) is 0 Å². The predicted octanol–water partition coefficient (Wildman–Crippen LogP) is 4.72. The van der Waals surface area contributed by atoms with E-state index in [4.69, 9.17) is 4.74 Å². The van der Waals surface area contributed by atoms with Gasteiger partial charge in [-0.25, -0.2) is 0 Å². The van der Waals surface area contributed by atoms with Crippen molar-refractivity contribution in [3.8, 4) is 0 Å². The van der Waals surface area contributed by atoms with Gasteiger partial charge in [-0.05, 0) is 55.0 Å². The smallest absolute Gasteiger partial charge is 0.311 e. The zero-order chi connectivity index (χ0) is 18.9. The lowest BCUT2D eigenvalue weighted by molar-refractivity contribution is -0.149. The minimum Gasteiger partial charge on any atom is -0.466 e. The van der Waals surface area contributed by atoms with E-state index >= 15 is 0 Å². The van der Waals surface area contributed by atoms with Crippen molar-refractivity contribution in [2.75, 3.05) is 19.7 Å². The standard InChI is InChI=1S/C23H26BrNO2/c1-2-27-22(26)21-15-25(14-17-7-4-3-5-8-17)16-23(21)12-6-9-18-13-19(24)10-11-20(18)23/h3-5,7-8,10-11,13,21H,2,6,9,12,14-16H2,1H3/t21-,23-/m0/s1. The number of fused-ring (bicyclic) bond motifs is 2. The highest BCUT2D eigenvalue weighted by molar-refractivity contribution is 9.10. The first-order chi connectivity index (χ1) is 13.1. The molecule has 0 amide bonds. The summed E-state index contributed by atoms with van der Waals surface area (Å²) in [6.07, 6.45) is 3.26. The molecular weight excluding hydrogens is 402 g/mol. The molecule has 0 unspecified atom stereocenters. The number of likely N-dealkylation sites (tertiary alicyclic amines) is 1. The zero-order valence-corrected chi connectivity index (χ0v) is 17.4. The topological polar surface area (TPSA) is 29.5 Å². The third-order valence-corrected chi connectivity index (χ3v) is 6.60. The predicted molar refractivity (Wildman–Crippen MR) is 111 cm³/mol. The largest absolute Gasteiger partial charge is 0.466 e. The fourth-order valence-electron chi connectivity index (χ4n) is 5.02. The van der Waals surface area contributed by atoms with Crippen molar-refractivity contribution in [2.24, 2.45) is 5.92 Å². The molecule has 2 aliphatic rings. The van der Waals surface area contributed by atoms with E-state index in [0.717, 1.165) is 43.4 Å². The molecule has 142 valence electrons. The van der Waals surface area contributed by atoms with E-state index in [1.165, 1.54) is 16.7 Å². The van der Waals surface area contributed by atoms with E-state index in [1.807, 2.05) is 13.0 Å². The normalized spacial score (nSPS) is 24.7. The van der Waals surface area contributed by atoms with Crippen LogP contribution >= 0.6 is 15.9 Å². The van der Waals surface area contributed by atoms with E-state index in [-0.39, 0.29) is 17.3 Å². The molecule has 0 aromatic heterocycles. The van der Waals surface area contributed by atoms with E-state index in [0.29, 0.717) is 6.61 Å². The van der Waals surface area contributed by atoms with Crippen LogP contribution in [0.1, 0.15) is 36.5 Å². The number of hydrogen-bond acceptors (Lipinski definition) is 3. The molecule has 3 nitrogen and oxygen atoms in total. The fraction of sp³-hybridized carbons (Fsp3) is 0.435. The quantitative estimate of drug-likeness (QED) is 0.661. The number of nitrogens with zero attached hydrogens (tertiary/aromatic N) is 1. The van der Waals surface area contributed by atoms with Gasteiger partial charge in [0.05, 0.1) is 12.5 Å². The summed E-state index contributed by atoms with van der Waals surface area (Å²) in [4.78, 5) is 15.4. The number of halogens is 1. The van der Waals surface area contributed by atoms with Gasteiger partial charge < -0.3 is 4.74 Å². The molecule has 1 aliphatic heterocycles. The number of esters is 1. The van der Waals surface area contributed by atoms with Crippen LogP contribution in [0.2, 0.25) is 0 Å². The van der Waals surface area contributed by atoms with Crippen molar-refractivity contribution >= 4 is 21.9 Å². The summed E-state index contributed by atoms with van der Waals surface area (Å²) in [7, 11) is 0. The Kier molecular flexibility index (Phi) is 5.38. The van der Waals surface area contributed by atoms with Gasteiger partial charge in [-0.1, -0.05) is 52.3 Å². The van der Waals surface area contributed by atoms with Gasteiger partial charge in [-0.15, -0.1) is 0 Å². The van der Waals surface area contributed by atoms with Crippen LogP contribution in [0.25, 0.3) is 0 Å². The number of ether oxygens (including phenoxy) is 1. The molecule has 0 bridgehead atoms. The Bertz CT molecular complexity index is 822. The second-order valence-corrected chi connectivity index (χ2v) is 8.69. The molecule has 2 atom stereocenters. The average molecular weight is 428 g/mol. The molecule has 27 heavy (non-hydrogen) atoms. The van der Waals surface area contributed by atoms with Crippen LogP contribution in [0.3, 0.4) is 0 Å². The second-order valence-electron chi connectivity index (χ2n) is 7.77. The van der Waals surface area contributed by atoms with E-state index in [9.17, 15) is 4.79 Å². The lowest BCUT2D eigenvalue weighted by Gasteiger charge is -2.39. The zero-order valence-electron chi connectivity index (χ0n) is 15.8. The van der Waals surface area contributed by atoms with Crippen molar-refractivity contribution in [3.05, 3.63) is 69.7 Å². The van der Waals surface area contributed by atoms with Gasteiger partial charge >= 0.3 is 5.97 Å². The molecule has 2 aromatic rings. The van der Waals surface area contributed by atoms with Gasteiger partial charge in [0.2, 0.25) is 0 Å². The summed E-state index contributed by atoms with van der Waals surface area (Å²) in [6.45, 7) is 4.90. The lowest BCUT2D eigenvalue weighted by atomic mass is 9.64. The first-order valence-electron chi connectivity index (χ1n) is 9.84. The van der Waals surface area contributed by atoms with Crippen molar-refractivity contribution in [1.29, 1.82) is 0 Å². The van der Waals surface area contributed by atoms with Crippen LogP contribution in [0.4, 0.5) is 0 Å². The first kappa shape index (κ1) is 18.7. The molecule has 1 fully saturated rings. The van der Waals surface area contributed by atoms with Crippen LogP contribution < -0.4 is 0 Å². The van der Waals surface area contributed by atoms with Crippen LogP contribution in [-0.4, -0.2) is 30.6 Å². The van der Waals surface area contributed by atoms with Crippen LogP contribution in [0.15, 0.2) is 53.0 Å². The minimum atomic E-state index is -0.130. The molecule has 0 saturated carbocycles. The molecule has 1 saturated heterocycles. The highest BCUT2D eigenvalue weighted by Crippen LogP contribution is 2.48. The van der Waals surface area contributed by atoms with Crippen molar-refractivity contribution in [2.45, 2.75) is 38.1 Å². The Labute approximate surface area is 169 Å². The van der Waals surface area contributed by atoms with Gasteiger partial charge in [0.15, 0.2) is 0 Å². The van der Waals surface area contributed by atoms with Crippen LogP contribution in [-0.2, 0) is 27.9 Å². The summed E-state index contributed by atoms with van der Waals surface area (Å²) >= 11 is 3.61. The number of rotatable bonds is 4. The SMILES string of the molecule is CCOC(=O)[C@@H]1CN(Cc2ccccc2)C[C@]12CCCc1cc(Br)ccc12. The molecular formula is C23H26BrNO2. The van der Waals surface area contributed by atoms with Crippen LogP contribution in [0, 0.1) is 5.92 Å². The number of carbonyl (C=O) groups is 1. The van der Waals surface area contributed by atoms with Gasteiger partial charge in [0.1, 0.15) is 0 Å². The van der Waals surface area contributed by atoms with Crippen LogP contribution in [0.5, 0.6) is 0 Å². The molecule has 1 heterocycles. The van der Waals surface area contributed by atoms with Gasteiger partial charge in [-0.3, -0.25) is 9.69 Å². The molecule has 0 N–H and O–H groups in total. The maximum atomic E-state index is 12.9. The third-order valence-electron chi connectivity index (χ3n) is 6.11. The Morgan fingerprint density at radius 3 is 2.85 bits per heavy atom. The highest BCUT2D eigenvalue weighted by atomic mass is 79.9. The fourth-order valence-corrected chi connectivity index (χ4v) is 5.43. The molecule has 4 heteroatoms. The average Bonchev–Trinajstić information content (AvgIpc) is 3.01. The van der Waals surface area contributed by atoms with Gasteiger partial charge in [-0.2, -0.15) is 0 Å². The van der Waals surface area contributed by atoms with E-state index in [1.54, 1.807) is 0 Å². The summed E-state index contributed by atoms with van der Waals surface area (Å²) in [5.41, 5.74) is 3.90. The summed E-state index contributed by atoms with van der Waals surface area (Å²) in [6, 6.07) is 17.1. The molecule has 2 aromatic carbocycles. The maximum absolute atomic E-state index is 12.9. The van der Waals surface area contributed by atoms with Crippen molar-refractivity contribution < 1.29 is 9.53 Å². The lowest BCUT2D eigenvalue weighted by Crippen LogP contribution is -2.42. The third kappa shape index (κ3) is 3.57. The number of benzene rings is 2. The Hall–Kier alpha value is -1.65. The minimum absolute atomic E-state index is 0.0381. The maximum Gasteiger partial charge on any atom is 0.311 e. The number of carbonyl (C=O) groups excluding carboxylic acids is 1. The Balaban J connectivity index is 1.70. The number of hydrogen-bond donors (Lipinski definition) is 0. The summed E-state index contributed by atoms with van der Waals surface area (Å²) < 4.78 is 6.63. The summed E-state index contributed by atoms with van der Waals surface area (Å²) in [5, 5.41) is 0. The molecule has 4 rings (SSSR count). The Morgan fingerprint density at radius 1 is 1.26 bits per heavy atom. The van der Waals surface area contributed by atoms with E-state index in [2.05, 4.69) is 63.3 Å².